The fourth-order valence-electron chi connectivity index (χ4n) is 2.97. The van der Waals surface area contributed by atoms with Crippen LogP contribution in [0, 0.1) is 11.3 Å². The minimum absolute atomic E-state index is 0.624. The quantitative estimate of drug-likeness (QED) is 0.508. The van der Waals surface area contributed by atoms with E-state index >= 15 is 0 Å². The van der Waals surface area contributed by atoms with Crippen LogP contribution in [0.2, 0.25) is 5.02 Å². The van der Waals surface area contributed by atoms with Gasteiger partial charge in [-0.25, -0.2) is 4.98 Å². The first-order chi connectivity index (χ1) is 12.2. The molecule has 0 N–H and O–H groups in total. The molecule has 4 rings (SSSR count). The first kappa shape index (κ1) is 15.4. The molecule has 0 atom stereocenters. The fraction of sp³-hybridized carbons (Fsp3) is 0.0476. The Morgan fingerprint density at radius 3 is 2.56 bits per heavy atom. The van der Waals surface area contributed by atoms with Gasteiger partial charge in [-0.05, 0) is 35.9 Å². The zero-order chi connectivity index (χ0) is 17.2. The van der Waals surface area contributed by atoms with E-state index in [-0.39, 0.29) is 0 Å². The molecule has 1 aromatic heterocycles. The molecule has 0 aliphatic heterocycles. The van der Waals surface area contributed by atoms with Crippen LogP contribution in [0.4, 0.5) is 0 Å². The molecule has 4 aromatic rings. The summed E-state index contributed by atoms with van der Waals surface area (Å²) in [7, 11) is 0. The predicted molar refractivity (Wildman–Crippen MR) is 100 cm³/mol. The molecule has 0 unspecified atom stereocenters. The Kier molecular flexibility index (Phi) is 3.97. The summed E-state index contributed by atoms with van der Waals surface area (Å²) in [4.78, 5) is 4.79. The number of hydrogen-bond donors (Lipinski definition) is 0. The molecule has 0 saturated heterocycles. The molecule has 0 aliphatic carbocycles. The van der Waals surface area contributed by atoms with E-state index in [4.69, 9.17) is 16.6 Å². The molecule has 0 fully saturated rings. The second-order valence-corrected chi connectivity index (χ2v) is 6.27. The number of nitriles is 1. The molecule has 0 radical (unpaired) electrons. The van der Waals surface area contributed by atoms with E-state index in [0.717, 1.165) is 22.4 Å². The summed E-state index contributed by atoms with van der Waals surface area (Å²) in [6.07, 6.45) is 0. The third kappa shape index (κ3) is 3.00. The molecular formula is C21H14ClN3. The van der Waals surface area contributed by atoms with Crippen molar-refractivity contribution in [2.24, 2.45) is 0 Å². The highest BCUT2D eigenvalue weighted by molar-refractivity contribution is 6.30. The van der Waals surface area contributed by atoms with E-state index in [1.165, 1.54) is 5.56 Å². The van der Waals surface area contributed by atoms with Crippen LogP contribution in [0.5, 0.6) is 0 Å². The predicted octanol–water partition coefficient (Wildman–Crippen LogP) is 5.28. The van der Waals surface area contributed by atoms with Crippen molar-refractivity contribution >= 4 is 22.6 Å². The van der Waals surface area contributed by atoms with Gasteiger partial charge >= 0.3 is 0 Å². The van der Waals surface area contributed by atoms with Gasteiger partial charge in [-0.1, -0.05) is 54.1 Å². The average Bonchev–Trinajstić information content (AvgIpc) is 3.00. The highest BCUT2D eigenvalue weighted by Gasteiger charge is 2.14. The van der Waals surface area contributed by atoms with Gasteiger partial charge in [0.05, 0.1) is 22.7 Å². The van der Waals surface area contributed by atoms with Gasteiger partial charge in [-0.2, -0.15) is 5.26 Å². The van der Waals surface area contributed by atoms with E-state index in [0.29, 0.717) is 17.1 Å². The number of benzene rings is 3. The second-order valence-electron chi connectivity index (χ2n) is 5.83. The summed E-state index contributed by atoms with van der Waals surface area (Å²) in [5.41, 5.74) is 4.56. The third-order valence-corrected chi connectivity index (χ3v) is 4.38. The normalized spacial score (nSPS) is 10.7. The van der Waals surface area contributed by atoms with Crippen molar-refractivity contribution < 1.29 is 0 Å². The molecule has 25 heavy (non-hydrogen) atoms. The number of halogens is 1. The summed E-state index contributed by atoms with van der Waals surface area (Å²) in [6, 6.07) is 25.7. The zero-order valence-corrected chi connectivity index (χ0v) is 14.1. The van der Waals surface area contributed by atoms with Crippen LogP contribution in [-0.4, -0.2) is 9.55 Å². The number of aromatic nitrogens is 2. The number of hydrogen-bond acceptors (Lipinski definition) is 2. The van der Waals surface area contributed by atoms with Gasteiger partial charge < -0.3 is 4.57 Å². The second kappa shape index (κ2) is 6.43. The van der Waals surface area contributed by atoms with Crippen LogP contribution < -0.4 is 0 Å². The van der Waals surface area contributed by atoms with Crippen LogP contribution in [0.1, 0.15) is 11.1 Å². The summed E-state index contributed by atoms with van der Waals surface area (Å²) in [6.45, 7) is 0.675. The molecule has 3 nitrogen and oxygen atoms in total. The molecule has 0 spiro atoms. The average molecular weight is 344 g/mol. The number of imidazole rings is 1. The molecule has 0 bridgehead atoms. The van der Waals surface area contributed by atoms with Crippen LogP contribution in [0.3, 0.4) is 0 Å². The molecule has 3 aromatic carbocycles. The lowest BCUT2D eigenvalue weighted by Crippen LogP contribution is -2.02. The Bertz CT molecular complexity index is 1090. The summed E-state index contributed by atoms with van der Waals surface area (Å²) < 4.78 is 2.14. The van der Waals surface area contributed by atoms with E-state index < -0.39 is 0 Å². The Hall–Kier alpha value is -3.09. The van der Waals surface area contributed by atoms with Crippen molar-refractivity contribution in [1.29, 1.82) is 5.26 Å². The maximum Gasteiger partial charge on any atom is 0.141 e. The van der Waals surface area contributed by atoms with E-state index in [2.05, 4.69) is 22.8 Å². The third-order valence-electron chi connectivity index (χ3n) is 4.14. The first-order valence-electron chi connectivity index (χ1n) is 7.95. The molecule has 4 heteroatoms. The Morgan fingerprint density at radius 1 is 0.960 bits per heavy atom. The minimum atomic E-state index is 0.624. The molecule has 1 heterocycles. The molecular weight excluding hydrogens is 330 g/mol. The van der Waals surface area contributed by atoms with Gasteiger partial charge in [0.25, 0.3) is 0 Å². The van der Waals surface area contributed by atoms with Crippen molar-refractivity contribution in [2.75, 3.05) is 0 Å². The molecule has 120 valence electrons. The van der Waals surface area contributed by atoms with Crippen molar-refractivity contribution in [2.45, 2.75) is 6.54 Å². The first-order valence-corrected chi connectivity index (χ1v) is 8.32. The monoisotopic (exact) mass is 343 g/mol. The van der Waals surface area contributed by atoms with Crippen LogP contribution in [0.25, 0.3) is 22.4 Å². The van der Waals surface area contributed by atoms with Gasteiger partial charge in [-0.15, -0.1) is 0 Å². The molecule has 0 saturated carbocycles. The van der Waals surface area contributed by atoms with E-state index in [9.17, 15) is 5.26 Å². The standard InChI is InChI=1S/C21H14ClN3/c22-18-8-4-7-17(12-18)21-24-19-10-9-16(13-23)11-20(19)25(21)14-15-5-2-1-3-6-15/h1-12H,14H2. The van der Waals surface area contributed by atoms with Crippen LogP contribution in [-0.2, 0) is 6.54 Å². The highest BCUT2D eigenvalue weighted by atomic mass is 35.5. The Balaban J connectivity index is 1.95. The molecule has 0 amide bonds. The topological polar surface area (TPSA) is 41.6 Å². The van der Waals surface area contributed by atoms with Crippen molar-refractivity contribution in [3.63, 3.8) is 0 Å². The van der Waals surface area contributed by atoms with Gasteiger partial charge in [0, 0.05) is 17.1 Å². The number of fused-ring (bicyclic) bond motifs is 1. The number of rotatable bonds is 3. The maximum absolute atomic E-state index is 9.24. The van der Waals surface area contributed by atoms with Crippen LogP contribution >= 0.6 is 11.6 Å². The molecule has 0 aliphatic rings. The Morgan fingerprint density at radius 2 is 1.80 bits per heavy atom. The number of nitrogens with zero attached hydrogens (tertiary/aromatic N) is 3. The maximum atomic E-state index is 9.24. The smallest absolute Gasteiger partial charge is 0.141 e. The summed E-state index contributed by atoms with van der Waals surface area (Å²) in [5, 5.41) is 9.92. The SMILES string of the molecule is N#Cc1ccc2nc(-c3cccc(Cl)c3)n(Cc3ccccc3)c2c1. The highest BCUT2D eigenvalue weighted by Crippen LogP contribution is 2.28. The lowest BCUT2D eigenvalue weighted by molar-refractivity contribution is 0.834. The zero-order valence-electron chi connectivity index (χ0n) is 13.4. The van der Waals surface area contributed by atoms with Crippen LogP contribution in [0.15, 0.2) is 72.8 Å². The van der Waals surface area contributed by atoms with Gasteiger partial charge in [0.1, 0.15) is 5.82 Å². The summed E-state index contributed by atoms with van der Waals surface area (Å²) >= 11 is 6.17. The van der Waals surface area contributed by atoms with Crippen molar-refractivity contribution in [1.82, 2.24) is 9.55 Å². The fourth-order valence-corrected chi connectivity index (χ4v) is 3.16. The largest absolute Gasteiger partial charge is 0.319 e. The lowest BCUT2D eigenvalue weighted by Gasteiger charge is -2.10. The lowest BCUT2D eigenvalue weighted by atomic mass is 10.2. The van der Waals surface area contributed by atoms with Crippen molar-refractivity contribution in [3.8, 4) is 17.5 Å². The van der Waals surface area contributed by atoms with E-state index in [1.807, 2.05) is 54.6 Å². The van der Waals surface area contributed by atoms with Crippen molar-refractivity contribution in [3.05, 3.63) is 88.9 Å². The van der Waals surface area contributed by atoms with Gasteiger partial charge in [-0.3, -0.25) is 0 Å². The Labute approximate surface area is 150 Å². The van der Waals surface area contributed by atoms with Gasteiger partial charge in [0.15, 0.2) is 0 Å². The summed E-state index contributed by atoms with van der Waals surface area (Å²) in [5.74, 6) is 0.844. The van der Waals surface area contributed by atoms with E-state index in [1.54, 1.807) is 6.07 Å². The minimum Gasteiger partial charge on any atom is -0.319 e. The van der Waals surface area contributed by atoms with Gasteiger partial charge in [0.2, 0.25) is 0 Å².